The minimum atomic E-state index is -0.0787. The first kappa shape index (κ1) is 10.1. The number of carbonyl (C=O) groups is 1. The van der Waals surface area contributed by atoms with Crippen LogP contribution in [-0.2, 0) is 4.79 Å². The summed E-state index contributed by atoms with van der Waals surface area (Å²) in [5.74, 6) is 0.268. The Kier molecular flexibility index (Phi) is 2.79. The number of anilines is 2. The van der Waals surface area contributed by atoms with E-state index >= 15 is 0 Å². The van der Waals surface area contributed by atoms with E-state index in [1.54, 1.807) is 0 Å². The van der Waals surface area contributed by atoms with Crippen molar-refractivity contribution in [3.05, 3.63) is 10.4 Å². The average Bonchev–Trinajstić information content (AvgIpc) is 3.02. The van der Waals surface area contributed by atoms with E-state index in [-0.39, 0.29) is 11.9 Å². The fraction of sp³-hybridized carbons (Fsp3) is 0.429. The molecule has 1 aromatic heterocycles. The van der Waals surface area contributed by atoms with E-state index < -0.39 is 0 Å². The smallest absolute Gasteiger partial charge is 0.234 e. The summed E-state index contributed by atoms with van der Waals surface area (Å²) in [6, 6.07) is 0.352. The Morgan fingerprint density at radius 3 is 2.75 bits per heavy atom. The second-order valence-electron chi connectivity index (χ2n) is 3.15. The van der Waals surface area contributed by atoms with Crippen LogP contribution in [0.2, 0.25) is 0 Å². The van der Waals surface area contributed by atoms with E-state index in [2.05, 4.69) is 35.6 Å². The van der Waals surface area contributed by atoms with E-state index in [9.17, 15) is 4.79 Å². The maximum atomic E-state index is 10.3. The Labute approximate surface area is 89.9 Å². The summed E-state index contributed by atoms with van der Waals surface area (Å²) in [4.78, 5) is 24.3. The fourth-order valence-corrected chi connectivity index (χ4v) is 1.04. The van der Waals surface area contributed by atoms with Gasteiger partial charge in [-0.05, 0) is 23.5 Å². The van der Waals surface area contributed by atoms with E-state index in [1.165, 1.54) is 0 Å². The molecule has 0 saturated heterocycles. The van der Waals surface area contributed by atoms with Crippen molar-refractivity contribution in [3.8, 4) is 0 Å². The van der Waals surface area contributed by atoms with Gasteiger partial charge in [-0.1, -0.05) is 0 Å². The quantitative estimate of drug-likeness (QED) is 0.330. The maximum absolute atomic E-state index is 10.3. The van der Waals surface area contributed by atoms with E-state index in [4.69, 9.17) is 5.53 Å². The lowest BCUT2D eigenvalue weighted by molar-refractivity contribution is -0.105. The Morgan fingerprint density at radius 1 is 1.38 bits per heavy atom. The van der Waals surface area contributed by atoms with Gasteiger partial charge in [0.2, 0.25) is 24.3 Å². The predicted octanol–water partition coefficient (Wildman–Crippen LogP) is 0.956. The highest BCUT2D eigenvalue weighted by Gasteiger charge is 2.22. The van der Waals surface area contributed by atoms with Crippen molar-refractivity contribution in [3.63, 3.8) is 0 Å². The van der Waals surface area contributed by atoms with Gasteiger partial charge in [0.15, 0.2) is 0 Å². The van der Waals surface area contributed by atoms with Crippen LogP contribution in [0.5, 0.6) is 0 Å². The molecule has 1 heterocycles. The number of hydrogen-bond acceptors (Lipinski definition) is 6. The normalized spacial score (nSPS) is 13.8. The third-order valence-electron chi connectivity index (χ3n) is 1.86. The molecule has 9 heteroatoms. The SMILES string of the molecule is [N-]=[N+]=Nc1nc(NC=O)nc(NC2CC2)n1. The van der Waals surface area contributed by atoms with Crippen LogP contribution in [0, 0.1) is 0 Å². The summed E-state index contributed by atoms with van der Waals surface area (Å²) in [6.45, 7) is 0. The molecule has 2 N–H and O–H groups in total. The number of hydrogen-bond donors (Lipinski definition) is 2. The minimum absolute atomic E-state index is 0.0514. The Balaban J connectivity index is 2.26. The van der Waals surface area contributed by atoms with Gasteiger partial charge < -0.3 is 5.32 Å². The number of rotatable bonds is 5. The molecule has 2 rings (SSSR count). The number of carbonyl (C=O) groups excluding carboxylic acids is 1. The molecule has 9 nitrogen and oxygen atoms in total. The highest BCUT2D eigenvalue weighted by atomic mass is 16.1. The molecule has 0 bridgehead atoms. The van der Waals surface area contributed by atoms with Gasteiger partial charge in [0.05, 0.1) is 0 Å². The van der Waals surface area contributed by atoms with E-state index in [1.807, 2.05) is 0 Å². The molecular weight excluding hydrogens is 212 g/mol. The summed E-state index contributed by atoms with van der Waals surface area (Å²) in [5, 5.41) is 8.55. The van der Waals surface area contributed by atoms with Gasteiger partial charge in [0.1, 0.15) is 0 Å². The highest BCUT2D eigenvalue weighted by Crippen LogP contribution is 2.23. The van der Waals surface area contributed by atoms with Crippen LogP contribution in [0.25, 0.3) is 10.4 Å². The van der Waals surface area contributed by atoms with Crippen LogP contribution >= 0.6 is 0 Å². The Hall–Kier alpha value is -2.41. The minimum Gasteiger partial charge on any atom is -0.351 e. The van der Waals surface area contributed by atoms with Gasteiger partial charge in [0.25, 0.3) is 0 Å². The van der Waals surface area contributed by atoms with Crippen LogP contribution in [0.4, 0.5) is 17.8 Å². The van der Waals surface area contributed by atoms with Gasteiger partial charge in [-0.25, -0.2) is 0 Å². The van der Waals surface area contributed by atoms with Crippen molar-refractivity contribution in [2.45, 2.75) is 18.9 Å². The lowest BCUT2D eigenvalue weighted by Crippen LogP contribution is -2.09. The second kappa shape index (κ2) is 4.41. The van der Waals surface area contributed by atoms with Gasteiger partial charge in [-0.15, -0.1) is 0 Å². The van der Waals surface area contributed by atoms with Crippen molar-refractivity contribution < 1.29 is 4.79 Å². The first-order valence-electron chi connectivity index (χ1n) is 4.59. The van der Waals surface area contributed by atoms with Gasteiger partial charge in [-0.2, -0.15) is 15.0 Å². The van der Waals surface area contributed by atoms with Crippen molar-refractivity contribution in [1.82, 2.24) is 15.0 Å². The zero-order chi connectivity index (χ0) is 11.4. The molecule has 0 aromatic carbocycles. The number of azide groups is 1. The number of amides is 1. The standard InChI is InChI=1S/C7H8N8O/c8-15-14-7-12-5(9-3-16)11-6(13-7)10-4-1-2-4/h3-4H,1-2H2,(H2,9,10,11,12,13,16). The first-order chi connectivity index (χ1) is 7.81. The molecule has 0 radical (unpaired) electrons. The average molecular weight is 220 g/mol. The van der Waals surface area contributed by atoms with Crippen LogP contribution in [0.3, 0.4) is 0 Å². The van der Waals surface area contributed by atoms with Crippen molar-refractivity contribution >= 4 is 24.3 Å². The van der Waals surface area contributed by atoms with Crippen LogP contribution in [0.1, 0.15) is 12.8 Å². The zero-order valence-corrected chi connectivity index (χ0v) is 8.16. The summed E-state index contributed by atoms with van der Waals surface area (Å²) in [5.41, 5.74) is 8.27. The van der Waals surface area contributed by atoms with Gasteiger partial charge in [-0.3, -0.25) is 10.1 Å². The predicted molar refractivity (Wildman–Crippen MR) is 55.0 cm³/mol. The Morgan fingerprint density at radius 2 is 2.12 bits per heavy atom. The lowest BCUT2D eigenvalue weighted by atomic mass is 10.7. The topological polar surface area (TPSA) is 129 Å². The summed E-state index contributed by atoms with van der Waals surface area (Å²) < 4.78 is 0. The van der Waals surface area contributed by atoms with Crippen molar-refractivity contribution in [1.29, 1.82) is 0 Å². The summed E-state index contributed by atoms with van der Waals surface area (Å²) >= 11 is 0. The monoisotopic (exact) mass is 220 g/mol. The Bertz CT molecular complexity index is 450. The molecule has 0 aliphatic heterocycles. The third-order valence-corrected chi connectivity index (χ3v) is 1.86. The number of nitrogens with zero attached hydrogens (tertiary/aromatic N) is 6. The third kappa shape index (κ3) is 2.55. The second-order valence-corrected chi connectivity index (χ2v) is 3.15. The molecule has 16 heavy (non-hydrogen) atoms. The molecule has 1 aliphatic carbocycles. The molecule has 1 aromatic rings. The largest absolute Gasteiger partial charge is 0.351 e. The zero-order valence-electron chi connectivity index (χ0n) is 8.16. The molecular formula is C7H8N8O. The molecule has 1 fully saturated rings. The van der Waals surface area contributed by atoms with Crippen molar-refractivity contribution in [2.24, 2.45) is 5.11 Å². The molecule has 0 unspecified atom stereocenters. The molecule has 0 atom stereocenters. The molecule has 1 amide bonds. The van der Waals surface area contributed by atoms with Crippen LogP contribution in [0.15, 0.2) is 5.11 Å². The summed E-state index contributed by atoms with van der Waals surface area (Å²) in [6.07, 6.45) is 2.55. The molecule has 1 saturated carbocycles. The highest BCUT2D eigenvalue weighted by molar-refractivity contribution is 5.67. The summed E-state index contributed by atoms with van der Waals surface area (Å²) in [7, 11) is 0. The molecule has 1 aliphatic rings. The molecule has 82 valence electrons. The fourth-order valence-electron chi connectivity index (χ4n) is 1.04. The molecule has 0 spiro atoms. The van der Waals surface area contributed by atoms with E-state index in [0.717, 1.165) is 12.8 Å². The number of nitrogens with one attached hydrogen (secondary N) is 2. The van der Waals surface area contributed by atoms with Crippen molar-refractivity contribution in [2.75, 3.05) is 10.6 Å². The first-order valence-corrected chi connectivity index (χ1v) is 4.59. The number of aromatic nitrogens is 3. The van der Waals surface area contributed by atoms with Crippen LogP contribution in [-0.4, -0.2) is 27.4 Å². The lowest BCUT2D eigenvalue weighted by Gasteiger charge is -2.04. The van der Waals surface area contributed by atoms with Gasteiger partial charge >= 0.3 is 0 Å². The van der Waals surface area contributed by atoms with Gasteiger partial charge in [0, 0.05) is 11.0 Å². The van der Waals surface area contributed by atoms with E-state index in [0.29, 0.717) is 18.4 Å². The van der Waals surface area contributed by atoms with Crippen LogP contribution < -0.4 is 10.6 Å². The maximum Gasteiger partial charge on any atom is 0.234 e.